The number of carbonyl (C=O) groups is 1. The number of aryl methyl sites for hydroxylation is 1. The van der Waals surface area contributed by atoms with Crippen molar-refractivity contribution in [3.8, 4) is 17.0 Å². The van der Waals surface area contributed by atoms with Crippen molar-refractivity contribution in [1.29, 1.82) is 0 Å². The number of benzene rings is 1. The smallest absolute Gasteiger partial charge is 0.307 e. The SMILES string of the molecule is CCOc1ccc(-c2ncncc2CC(=O)O)cc1C. The van der Waals surface area contributed by atoms with Crippen LogP contribution in [-0.4, -0.2) is 27.7 Å². The molecule has 0 unspecified atom stereocenters. The molecule has 5 nitrogen and oxygen atoms in total. The maximum atomic E-state index is 10.9. The molecule has 20 heavy (non-hydrogen) atoms. The van der Waals surface area contributed by atoms with E-state index in [4.69, 9.17) is 9.84 Å². The van der Waals surface area contributed by atoms with Gasteiger partial charge in [-0.15, -0.1) is 0 Å². The monoisotopic (exact) mass is 272 g/mol. The van der Waals surface area contributed by atoms with Crippen molar-refractivity contribution in [2.45, 2.75) is 20.3 Å². The lowest BCUT2D eigenvalue weighted by atomic mass is 10.0. The van der Waals surface area contributed by atoms with Crippen molar-refractivity contribution in [2.24, 2.45) is 0 Å². The van der Waals surface area contributed by atoms with E-state index in [9.17, 15) is 4.79 Å². The molecule has 0 aliphatic carbocycles. The van der Waals surface area contributed by atoms with Crippen LogP contribution >= 0.6 is 0 Å². The second-order valence-corrected chi connectivity index (χ2v) is 4.38. The summed E-state index contributed by atoms with van der Waals surface area (Å²) in [6.07, 6.45) is 2.87. The predicted octanol–water partition coefficient (Wildman–Crippen LogP) is 2.48. The molecule has 2 rings (SSSR count). The molecule has 1 heterocycles. The Morgan fingerprint density at radius 3 is 2.85 bits per heavy atom. The van der Waals surface area contributed by atoms with Gasteiger partial charge in [0.2, 0.25) is 0 Å². The van der Waals surface area contributed by atoms with E-state index in [2.05, 4.69) is 9.97 Å². The van der Waals surface area contributed by atoms with Gasteiger partial charge in [-0.25, -0.2) is 9.97 Å². The van der Waals surface area contributed by atoms with Crippen LogP contribution in [0.5, 0.6) is 5.75 Å². The van der Waals surface area contributed by atoms with Gasteiger partial charge in [0.15, 0.2) is 0 Å². The first-order chi connectivity index (χ1) is 9.61. The Hall–Kier alpha value is -2.43. The number of carboxylic acids is 1. The van der Waals surface area contributed by atoms with E-state index < -0.39 is 5.97 Å². The number of hydrogen-bond donors (Lipinski definition) is 1. The zero-order valence-corrected chi connectivity index (χ0v) is 11.5. The van der Waals surface area contributed by atoms with Crippen LogP contribution in [0.4, 0.5) is 0 Å². The first-order valence-electron chi connectivity index (χ1n) is 6.36. The minimum Gasteiger partial charge on any atom is -0.494 e. The molecule has 104 valence electrons. The quantitative estimate of drug-likeness (QED) is 0.905. The third-order valence-electron chi connectivity index (χ3n) is 2.88. The molecule has 0 amide bonds. The van der Waals surface area contributed by atoms with Gasteiger partial charge in [0.1, 0.15) is 12.1 Å². The summed E-state index contributed by atoms with van der Waals surface area (Å²) in [5, 5.41) is 8.93. The summed E-state index contributed by atoms with van der Waals surface area (Å²) < 4.78 is 5.50. The highest BCUT2D eigenvalue weighted by Gasteiger charge is 2.11. The van der Waals surface area contributed by atoms with E-state index in [0.29, 0.717) is 17.9 Å². The van der Waals surface area contributed by atoms with E-state index in [1.807, 2.05) is 32.0 Å². The van der Waals surface area contributed by atoms with Crippen molar-refractivity contribution in [3.05, 3.63) is 41.9 Å². The summed E-state index contributed by atoms with van der Waals surface area (Å²) in [7, 11) is 0. The highest BCUT2D eigenvalue weighted by molar-refractivity contribution is 5.75. The van der Waals surface area contributed by atoms with Gasteiger partial charge in [-0.05, 0) is 37.6 Å². The zero-order valence-electron chi connectivity index (χ0n) is 11.5. The standard InChI is InChI=1S/C15H16N2O3/c1-3-20-13-5-4-11(6-10(13)2)15-12(7-14(18)19)8-16-9-17-15/h4-6,8-9H,3,7H2,1-2H3,(H,18,19). The molecule has 0 saturated heterocycles. The molecule has 1 aromatic carbocycles. The Kier molecular flexibility index (Phi) is 4.30. The summed E-state index contributed by atoms with van der Waals surface area (Å²) in [4.78, 5) is 19.0. The Morgan fingerprint density at radius 1 is 1.40 bits per heavy atom. The van der Waals surface area contributed by atoms with Gasteiger partial charge in [0.25, 0.3) is 0 Å². The van der Waals surface area contributed by atoms with E-state index in [0.717, 1.165) is 16.9 Å². The molecule has 0 aliphatic heterocycles. The van der Waals surface area contributed by atoms with Gasteiger partial charge in [-0.1, -0.05) is 0 Å². The van der Waals surface area contributed by atoms with Crippen LogP contribution in [0, 0.1) is 6.92 Å². The Morgan fingerprint density at radius 2 is 2.20 bits per heavy atom. The number of nitrogens with zero attached hydrogens (tertiary/aromatic N) is 2. The molecule has 0 atom stereocenters. The molecule has 0 saturated carbocycles. The number of carboxylic acid groups (broad SMARTS) is 1. The van der Waals surface area contributed by atoms with Crippen molar-refractivity contribution in [2.75, 3.05) is 6.61 Å². The molecule has 1 N–H and O–H groups in total. The summed E-state index contributed by atoms with van der Waals surface area (Å²) in [6.45, 7) is 4.49. The van der Waals surface area contributed by atoms with Crippen molar-refractivity contribution in [3.63, 3.8) is 0 Å². The van der Waals surface area contributed by atoms with E-state index >= 15 is 0 Å². The number of rotatable bonds is 5. The lowest BCUT2D eigenvalue weighted by Crippen LogP contribution is -2.04. The first kappa shape index (κ1) is 14.0. The van der Waals surface area contributed by atoms with Crippen molar-refractivity contribution >= 4 is 5.97 Å². The average molecular weight is 272 g/mol. The molecule has 2 aromatic rings. The van der Waals surface area contributed by atoms with Gasteiger partial charge in [-0.3, -0.25) is 4.79 Å². The number of ether oxygens (including phenoxy) is 1. The molecule has 0 radical (unpaired) electrons. The van der Waals surface area contributed by atoms with Crippen LogP contribution in [0.3, 0.4) is 0 Å². The summed E-state index contributed by atoms with van der Waals surface area (Å²) in [5.74, 6) is -0.0752. The Balaban J connectivity index is 2.41. The lowest BCUT2D eigenvalue weighted by molar-refractivity contribution is -0.136. The maximum Gasteiger partial charge on any atom is 0.307 e. The minimum atomic E-state index is -0.899. The van der Waals surface area contributed by atoms with E-state index in [-0.39, 0.29) is 6.42 Å². The zero-order chi connectivity index (χ0) is 14.5. The first-order valence-corrected chi connectivity index (χ1v) is 6.36. The van der Waals surface area contributed by atoms with E-state index in [1.165, 1.54) is 6.33 Å². The Labute approximate surface area is 117 Å². The van der Waals surface area contributed by atoms with Crippen molar-refractivity contribution in [1.82, 2.24) is 9.97 Å². The third kappa shape index (κ3) is 3.12. The number of hydrogen-bond acceptors (Lipinski definition) is 4. The maximum absolute atomic E-state index is 10.9. The molecule has 0 fully saturated rings. The topological polar surface area (TPSA) is 72.3 Å². The van der Waals surface area contributed by atoms with E-state index in [1.54, 1.807) is 6.20 Å². The van der Waals surface area contributed by atoms with Gasteiger partial charge >= 0.3 is 5.97 Å². The molecular formula is C15H16N2O3. The van der Waals surface area contributed by atoms with Crippen LogP contribution in [0.1, 0.15) is 18.1 Å². The van der Waals surface area contributed by atoms with Crippen LogP contribution < -0.4 is 4.74 Å². The average Bonchev–Trinajstić information content (AvgIpc) is 2.41. The normalized spacial score (nSPS) is 10.3. The van der Waals surface area contributed by atoms with Crippen LogP contribution in [0.2, 0.25) is 0 Å². The number of aliphatic carboxylic acids is 1. The largest absolute Gasteiger partial charge is 0.494 e. The van der Waals surface area contributed by atoms with Gasteiger partial charge in [-0.2, -0.15) is 0 Å². The molecule has 5 heteroatoms. The molecule has 1 aromatic heterocycles. The fourth-order valence-corrected chi connectivity index (χ4v) is 2.02. The van der Waals surface area contributed by atoms with Gasteiger partial charge in [0.05, 0.1) is 18.7 Å². The molecule has 0 spiro atoms. The van der Waals surface area contributed by atoms with Crippen LogP contribution in [0.25, 0.3) is 11.3 Å². The fourth-order valence-electron chi connectivity index (χ4n) is 2.02. The summed E-state index contributed by atoms with van der Waals surface area (Å²) >= 11 is 0. The lowest BCUT2D eigenvalue weighted by Gasteiger charge is -2.10. The van der Waals surface area contributed by atoms with Crippen LogP contribution in [-0.2, 0) is 11.2 Å². The highest BCUT2D eigenvalue weighted by atomic mass is 16.5. The van der Waals surface area contributed by atoms with Gasteiger partial charge in [0, 0.05) is 17.3 Å². The molecule has 0 bridgehead atoms. The summed E-state index contributed by atoms with van der Waals surface area (Å²) in [5.41, 5.74) is 3.10. The van der Waals surface area contributed by atoms with Crippen molar-refractivity contribution < 1.29 is 14.6 Å². The summed E-state index contributed by atoms with van der Waals surface area (Å²) in [6, 6.07) is 5.70. The fraction of sp³-hybridized carbons (Fsp3) is 0.267. The van der Waals surface area contributed by atoms with Crippen LogP contribution in [0.15, 0.2) is 30.7 Å². The number of aromatic nitrogens is 2. The molecule has 0 aliphatic rings. The highest BCUT2D eigenvalue weighted by Crippen LogP contribution is 2.27. The Bertz CT molecular complexity index is 626. The minimum absolute atomic E-state index is 0.0948. The molecular weight excluding hydrogens is 256 g/mol. The second kappa shape index (κ2) is 6.14. The predicted molar refractivity (Wildman–Crippen MR) is 74.7 cm³/mol. The van der Waals surface area contributed by atoms with Gasteiger partial charge < -0.3 is 9.84 Å². The second-order valence-electron chi connectivity index (χ2n) is 4.38. The third-order valence-corrected chi connectivity index (χ3v) is 2.88.